The quantitative estimate of drug-likeness (QED) is 0.327. The lowest BCUT2D eigenvalue weighted by Crippen LogP contribution is -2.49. The van der Waals surface area contributed by atoms with Gasteiger partial charge in [0, 0.05) is 66.9 Å². The van der Waals surface area contributed by atoms with Crippen LogP contribution in [0.4, 0.5) is 10.2 Å². The number of hydrogen-bond acceptors (Lipinski definition) is 7. The molecule has 1 amide bonds. The summed E-state index contributed by atoms with van der Waals surface area (Å²) in [7, 11) is 1.83. The fraction of sp³-hybridized carbons (Fsp3) is 0.419. The number of benzene rings is 2. The van der Waals surface area contributed by atoms with Crippen LogP contribution in [0.5, 0.6) is 0 Å². The normalized spacial score (nSPS) is 19.3. The number of piperazine rings is 1. The molecular formula is C31H34FN7O2S. The molecule has 3 aliphatic rings. The van der Waals surface area contributed by atoms with Gasteiger partial charge in [-0.3, -0.25) is 14.0 Å². The van der Waals surface area contributed by atoms with Gasteiger partial charge in [-0.15, -0.1) is 11.8 Å². The predicted octanol–water partition coefficient (Wildman–Crippen LogP) is 3.97. The Hall–Kier alpha value is -3.70. The molecule has 0 spiro atoms. The van der Waals surface area contributed by atoms with Crippen molar-refractivity contribution in [2.45, 2.75) is 30.7 Å². The predicted molar refractivity (Wildman–Crippen MR) is 165 cm³/mol. The molecule has 0 bridgehead atoms. The Labute approximate surface area is 247 Å². The van der Waals surface area contributed by atoms with E-state index in [1.54, 1.807) is 27.5 Å². The number of nitrogens with zero attached hydrogens (tertiary/aromatic N) is 7. The molecule has 2 aromatic heterocycles. The fourth-order valence-corrected chi connectivity index (χ4v) is 8.29. The first kappa shape index (κ1) is 27.2. The average Bonchev–Trinajstić information content (AvgIpc) is 3.66. The Morgan fingerprint density at radius 3 is 2.62 bits per heavy atom. The Bertz CT molecular complexity index is 1800. The first-order valence-corrected chi connectivity index (χ1v) is 15.6. The maximum absolute atomic E-state index is 14.8. The van der Waals surface area contributed by atoms with E-state index in [9.17, 15) is 14.0 Å². The third kappa shape index (κ3) is 4.32. The minimum atomic E-state index is -0.301. The van der Waals surface area contributed by atoms with E-state index in [1.165, 1.54) is 25.0 Å². The fourth-order valence-electron chi connectivity index (χ4n) is 6.92. The number of carbonyl (C=O) groups is 1. The van der Waals surface area contributed by atoms with Crippen LogP contribution in [0.25, 0.3) is 32.9 Å². The summed E-state index contributed by atoms with van der Waals surface area (Å²) in [4.78, 5) is 38.3. The van der Waals surface area contributed by atoms with Gasteiger partial charge in [0.2, 0.25) is 5.91 Å². The molecule has 9 nitrogen and oxygen atoms in total. The Morgan fingerprint density at radius 2 is 1.88 bits per heavy atom. The van der Waals surface area contributed by atoms with Crippen LogP contribution in [0.1, 0.15) is 24.4 Å². The molecule has 0 N–H and O–H groups in total. The van der Waals surface area contributed by atoms with Gasteiger partial charge in [0.05, 0.1) is 28.7 Å². The summed E-state index contributed by atoms with van der Waals surface area (Å²) in [6.07, 6.45) is 5.30. The summed E-state index contributed by atoms with van der Waals surface area (Å²) in [6.45, 7) is 10.9. The van der Waals surface area contributed by atoms with E-state index in [-0.39, 0.29) is 23.5 Å². The van der Waals surface area contributed by atoms with Crippen LogP contribution >= 0.6 is 11.8 Å². The van der Waals surface area contributed by atoms with Crippen molar-refractivity contribution >= 4 is 45.3 Å². The zero-order valence-corrected chi connectivity index (χ0v) is 24.8. The molecule has 218 valence electrons. The van der Waals surface area contributed by atoms with Crippen molar-refractivity contribution in [3.05, 3.63) is 58.9 Å². The van der Waals surface area contributed by atoms with E-state index < -0.39 is 0 Å². The summed E-state index contributed by atoms with van der Waals surface area (Å²) in [5.74, 6) is 1.04. The van der Waals surface area contributed by atoms with Crippen LogP contribution in [0.2, 0.25) is 0 Å². The molecule has 0 saturated carbocycles. The highest BCUT2D eigenvalue weighted by Gasteiger charge is 2.33. The number of carbonyl (C=O) groups excluding carboxylic acids is 1. The molecule has 7 rings (SSSR count). The maximum atomic E-state index is 14.8. The molecule has 0 aliphatic carbocycles. The number of amides is 1. The third-order valence-corrected chi connectivity index (χ3v) is 10.2. The van der Waals surface area contributed by atoms with Gasteiger partial charge in [-0.25, -0.2) is 9.18 Å². The van der Waals surface area contributed by atoms with Gasteiger partial charge in [0.1, 0.15) is 11.6 Å². The molecule has 42 heavy (non-hydrogen) atoms. The zero-order chi connectivity index (χ0) is 29.1. The lowest BCUT2D eigenvalue weighted by atomic mass is 9.95. The van der Waals surface area contributed by atoms with Crippen molar-refractivity contribution in [1.29, 1.82) is 0 Å². The van der Waals surface area contributed by atoms with Crippen molar-refractivity contribution in [3.8, 4) is 11.1 Å². The SMILES string of the molecule is C=CC(=O)N1CCN(c2nc(=O)n3c4c(c(-c5ccc(F)c6cnn(C)c56)c(C)cc24)SCC3CN2CCCC2)CC1. The van der Waals surface area contributed by atoms with Crippen molar-refractivity contribution in [3.63, 3.8) is 0 Å². The number of hydrogen-bond donors (Lipinski definition) is 0. The molecular weight excluding hydrogens is 553 g/mol. The number of likely N-dealkylation sites (tertiary alicyclic amines) is 1. The average molecular weight is 588 g/mol. The second-order valence-corrected chi connectivity index (χ2v) is 12.5. The number of anilines is 1. The minimum Gasteiger partial charge on any atom is -0.352 e. The van der Waals surface area contributed by atoms with Gasteiger partial charge in [-0.2, -0.15) is 10.1 Å². The lowest BCUT2D eigenvalue weighted by molar-refractivity contribution is -0.126. The summed E-state index contributed by atoms with van der Waals surface area (Å²) < 4.78 is 18.5. The maximum Gasteiger partial charge on any atom is 0.350 e. The summed E-state index contributed by atoms with van der Waals surface area (Å²) in [5, 5.41) is 5.79. The highest BCUT2D eigenvalue weighted by molar-refractivity contribution is 7.99. The number of rotatable bonds is 5. The van der Waals surface area contributed by atoms with E-state index in [1.807, 2.05) is 17.7 Å². The summed E-state index contributed by atoms with van der Waals surface area (Å²) in [5.41, 5.74) is 4.33. The molecule has 1 unspecified atom stereocenters. The molecule has 11 heteroatoms. The first-order valence-electron chi connectivity index (χ1n) is 14.6. The number of aryl methyl sites for hydroxylation is 2. The minimum absolute atomic E-state index is 0.000272. The van der Waals surface area contributed by atoms with Gasteiger partial charge in [-0.1, -0.05) is 6.58 Å². The zero-order valence-electron chi connectivity index (χ0n) is 24.0. The standard InChI is InChI=1S/C31H34FN7O2S/c1-4-25(40)37-11-13-38(14-12-37)30-22-15-19(2)26(21-7-8-24(32)23-16-33-35(3)27(21)23)29-28(22)39(31(41)34-30)20(18-42-29)17-36-9-5-6-10-36/h4,7-8,15-16,20H,1,5-6,9-14,17-18H2,2-3H3. The Morgan fingerprint density at radius 1 is 1.12 bits per heavy atom. The largest absolute Gasteiger partial charge is 0.352 e. The molecule has 3 aliphatic heterocycles. The van der Waals surface area contributed by atoms with E-state index in [2.05, 4.69) is 34.5 Å². The van der Waals surface area contributed by atoms with Crippen LogP contribution in [-0.2, 0) is 11.8 Å². The van der Waals surface area contributed by atoms with E-state index in [4.69, 9.17) is 4.98 Å². The highest BCUT2D eigenvalue weighted by atomic mass is 32.2. The molecule has 0 radical (unpaired) electrons. The monoisotopic (exact) mass is 587 g/mol. The van der Waals surface area contributed by atoms with Gasteiger partial charge in [0.25, 0.3) is 0 Å². The molecule has 2 fully saturated rings. The van der Waals surface area contributed by atoms with Crippen molar-refractivity contribution in [2.75, 3.05) is 56.5 Å². The number of halogens is 1. The van der Waals surface area contributed by atoms with Gasteiger partial charge in [-0.05, 0) is 62.7 Å². The summed E-state index contributed by atoms with van der Waals surface area (Å²) in [6, 6.07) is 5.48. The molecule has 2 saturated heterocycles. The highest BCUT2D eigenvalue weighted by Crippen LogP contribution is 2.47. The molecule has 5 heterocycles. The number of aromatic nitrogens is 4. The van der Waals surface area contributed by atoms with Crippen molar-refractivity contribution < 1.29 is 9.18 Å². The van der Waals surface area contributed by atoms with E-state index in [0.717, 1.165) is 63.4 Å². The van der Waals surface area contributed by atoms with Gasteiger partial charge in [0.15, 0.2) is 0 Å². The molecule has 2 aromatic carbocycles. The number of fused-ring (bicyclic) bond motifs is 1. The van der Waals surface area contributed by atoms with Gasteiger partial charge >= 0.3 is 5.69 Å². The van der Waals surface area contributed by atoms with Crippen LogP contribution in [0.3, 0.4) is 0 Å². The second kappa shape index (κ2) is 10.5. The smallest absolute Gasteiger partial charge is 0.350 e. The van der Waals surface area contributed by atoms with E-state index >= 15 is 0 Å². The van der Waals surface area contributed by atoms with Crippen LogP contribution < -0.4 is 10.6 Å². The Balaban J connectivity index is 1.44. The molecule has 1 atom stereocenters. The summed E-state index contributed by atoms with van der Waals surface area (Å²) >= 11 is 1.78. The topological polar surface area (TPSA) is 79.5 Å². The Kier molecular flexibility index (Phi) is 6.81. The van der Waals surface area contributed by atoms with Crippen LogP contribution in [-0.4, -0.2) is 86.6 Å². The van der Waals surface area contributed by atoms with E-state index in [0.29, 0.717) is 37.4 Å². The van der Waals surface area contributed by atoms with Gasteiger partial charge < -0.3 is 14.7 Å². The van der Waals surface area contributed by atoms with Crippen molar-refractivity contribution in [2.24, 2.45) is 7.05 Å². The lowest BCUT2D eigenvalue weighted by Gasteiger charge is -2.37. The first-order chi connectivity index (χ1) is 20.4. The van der Waals surface area contributed by atoms with Crippen LogP contribution in [0.15, 0.2) is 46.7 Å². The third-order valence-electron chi connectivity index (χ3n) is 8.98. The second-order valence-electron chi connectivity index (χ2n) is 11.5. The van der Waals surface area contributed by atoms with Crippen LogP contribution in [0, 0.1) is 12.7 Å². The van der Waals surface area contributed by atoms with Crippen molar-refractivity contribution in [1.82, 2.24) is 29.1 Å². The molecule has 4 aromatic rings. The number of thioether (sulfide) groups is 1.